The van der Waals surface area contributed by atoms with Crippen LogP contribution in [0, 0.1) is 0 Å². The Morgan fingerprint density at radius 2 is 1.95 bits per heavy atom. The number of benzene rings is 1. The number of hydrogen-bond donors (Lipinski definition) is 0. The first-order chi connectivity index (χ1) is 9.48. The largest absolute Gasteiger partial charge is 0.497 e. The molecule has 2 aromatic rings. The van der Waals surface area contributed by atoms with Crippen LogP contribution in [0.25, 0.3) is 5.69 Å². The first-order valence-corrected chi connectivity index (χ1v) is 7.82. The molecule has 20 heavy (non-hydrogen) atoms. The summed E-state index contributed by atoms with van der Waals surface area (Å²) in [6, 6.07) is 7.48. The fourth-order valence-electron chi connectivity index (χ4n) is 1.68. The van der Waals surface area contributed by atoms with Crippen molar-refractivity contribution in [3.8, 4) is 11.4 Å². The maximum atomic E-state index is 10.9. The van der Waals surface area contributed by atoms with Gasteiger partial charge in [-0.15, -0.1) is 0 Å². The van der Waals surface area contributed by atoms with Crippen molar-refractivity contribution < 1.29 is 17.3 Å². The highest BCUT2D eigenvalue weighted by Crippen LogP contribution is 2.15. The van der Waals surface area contributed by atoms with E-state index in [0.717, 1.165) is 23.3 Å². The van der Waals surface area contributed by atoms with Gasteiger partial charge in [0.05, 0.1) is 31.9 Å². The van der Waals surface area contributed by atoms with E-state index < -0.39 is 10.1 Å². The summed E-state index contributed by atoms with van der Waals surface area (Å²) in [6.07, 6.45) is 5.06. The summed E-state index contributed by atoms with van der Waals surface area (Å²) in [7, 11) is -1.77. The highest BCUT2D eigenvalue weighted by atomic mass is 32.2. The van der Waals surface area contributed by atoms with Gasteiger partial charge in [0.15, 0.2) is 0 Å². The van der Waals surface area contributed by atoms with Crippen molar-refractivity contribution in [2.24, 2.45) is 0 Å². The van der Waals surface area contributed by atoms with Crippen molar-refractivity contribution in [3.63, 3.8) is 0 Å². The zero-order valence-corrected chi connectivity index (χ0v) is 12.1. The van der Waals surface area contributed by atoms with E-state index >= 15 is 0 Å². The number of hydrogen-bond acceptors (Lipinski definition) is 5. The van der Waals surface area contributed by atoms with Crippen molar-refractivity contribution in [2.45, 2.75) is 6.42 Å². The molecule has 0 aliphatic rings. The van der Waals surface area contributed by atoms with Crippen LogP contribution in [-0.2, 0) is 20.7 Å². The molecule has 0 bridgehead atoms. The molecule has 1 heterocycles. The fraction of sp³-hybridized carbons (Fsp3) is 0.308. The van der Waals surface area contributed by atoms with E-state index in [0.29, 0.717) is 6.42 Å². The molecule has 1 aromatic heterocycles. The highest BCUT2D eigenvalue weighted by Gasteiger charge is 2.04. The second kappa shape index (κ2) is 6.06. The van der Waals surface area contributed by atoms with E-state index in [1.807, 2.05) is 30.5 Å². The van der Waals surface area contributed by atoms with Gasteiger partial charge in [0, 0.05) is 12.6 Å². The van der Waals surface area contributed by atoms with Crippen molar-refractivity contribution in [1.82, 2.24) is 9.78 Å². The average Bonchev–Trinajstić information content (AvgIpc) is 2.86. The Morgan fingerprint density at radius 3 is 2.55 bits per heavy atom. The molecular weight excluding hydrogens is 280 g/mol. The smallest absolute Gasteiger partial charge is 0.264 e. The maximum absolute atomic E-state index is 10.9. The molecule has 0 saturated heterocycles. The first kappa shape index (κ1) is 14.5. The Kier molecular flexibility index (Phi) is 4.41. The monoisotopic (exact) mass is 296 g/mol. The maximum Gasteiger partial charge on any atom is 0.264 e. The van der Waals surface area contributed by atoms with Crippen LogP contribution in [-0.4, -0.2) is 38.2 Å². The van der Waals surface area contributed by atoms with Gasteiger partial charge in [0.1, 0.15) is 5.75 Å². The molecular formula is C13H16N2O4S. The van der Waals surface area contributed by atoms with E-state index in [-0.39, 0.29) is 6.61 Å². The SMILES string of the molecule is COc1ccc(-n2cc(CCOS(C)(=O)=O)cn2)cc1. The summed E-state index contributed by atoms with van der Waals surface area (Å²) >= 11 is 0. The molecule has 0 radical (unpaired) electrons. The van der Waals surface area contributed by atoms with Gasteiger partial charge in [-0.2, -0.15) is 13.5 Å². The second-order valence-electron chi connectivity index (χ2n) is 4.27. The van der Waals surface area contributed by atoms with Crippen molar-refractivity contribution in [2.75, 3.05) is 20.0 Å². The third kappa shape index (κ3) is 4.07. The van der Waals surface area contributed by atoms with E-state index in [9.17, 15) is 8.42 Å². The van der Waals surface area contributed by atoms with Crippen LogP contribution < -0.4 is 4.74 Å². The normalized spacial score (nSPS) is 11.5. The van der Waals surface area contributed by atoms with Gasteiger partial charge < -0.3 is 4.74 Å². The lowest BCUT2D eigenvalue weighted by Gasteiger charge is -2.03. The van der Waals surface area contributed by atoms with Gasteiger partial charge >= 0.3 is 0 Å². The van der Waals surface area contributed by atoms with Crippen LogP contribution in [0.4, 0.5) is 0 Å². The summed E-state index contributed by atoms with van der Waals surface area (Å²) in [5, 5.41) is 4.23. The molecule has 0 aliphatic heterocycles. The van der Waals surface area contributed by atoms with Gasteiger partial charge in [0.2, 0.25) is 0 Å². The number of rotatable bonds is 6. The molecule has 0 unspecified atom stereocenters. The Bertz CT molecular complexity index is 662. The predicted octanol–water partition coefficient (Wildman–Crippen LogP) is 1.40. The number of aromatic nitrogens is 2. The van der Waals surface area contributed by atoms with Gasteiger partial charge in [-0.25, -0.2) is 4.68 Å². The summed E-state index contributed by atoms with van der Waals surface area (Å²) in [4.78, 5) is 0. The molecule has 1 aromatic carbocycles. The van der Waals surface area contributed by atoms with E-state index in [2.05, 4.69) is 5.10 Å². The van der Waals surface area contributed by atoms with Gasteiger partial charge in [-0.05, 0) is 29.8 Å². The van der Waals surface area contributed by atoms with Crippen LogP contribution in [0.2, 0.25) is 0 Å². The lowest BCUT2D eigenvalue weighted by molar-refractivity contribution is 0.326. The molecule has 0 saturated carbocycles. The summed E-state index contributed by atoms with van der Waals surface area (Å²) in [5.41, 5.74) is 1.81. The number of methoxy groups -OCH3 is 1. The molecule has 7 heteroatoms. The lowest BCUT2D eigenvalue weighted by Crippen LogP contribution is -2.05. The average molecular weight is 296 g/mol. The van der Waals surface area contributed by atoms with Crippen molar-refractivity contribution in [3.05, 3.63) is 42.2 Å². The van der Waals surface area contributed by atoms with Crippen molar-refractivity contribution in [1.29, 1.82) is 0 Å². The van der Waals surface area contributed by atoms with Gasteiger partial charge in [-0.1, -0.05) is 0 Å². The topological polar surface area (TPSA) is 70.4 Å². The Morgan fingerprint density at radius 1 is 1.25 bits per heavy atom. The first-order valence-electron chi connectivity index (χ1n) is 6.00. The summed E-state index contributed by atoms with van der Waals surface area (Å²) in [6.45, 7) is 0.118. The molecule has 108 valence electrons. The van der Waals surface area contributed by atoms with E-state index in [1.54, 1.807) is 18.0 Å². The third-order valence-corrected chi connectivity index (χ3v) is 3.26. The zero-order chi connectivity index (χ0) is 14.6. The second-order valence-corrected chi connectivity index (χ2v) is 5.91. The third-order valence-electron chi connectivity index (χ3n) is 2.66. The van der Waals surface area contributed by atoms with Gasteiger partial charge in [-0.3, -0.25) is 4.18 Å². The number of ether oxygens (including phenoxy) is 1. The molecule has 6 nitrogen and oxygen atoms in total. The standard InChI is InChI=1S/C13H16N2O4S/c1-18-13-5-3-12(4-6-13)15-10-11(9-14-15)7-8-19-20(2,16)17/h3-6,9-10H,7-8H2,1-2H3. The van der Waals surface area contributed by atoms with Crippen LogP contribution in [0.3, 0.4) is 0 Å². The summed E-state index contributed by atoms with van der Waals surface area (Å²) in [5.74, 6) is 0.780. The molecule has 0 aliphatic carbocycles. The lowest BCUT2D eigenvalue weighted by atomic mass is 10.3. The Labute approximate surface area is 118 Å². The van der Waals surface area contributed by atoms with Crippen LogP contribution >= 0.6 is 0 Å². The quantitative estimate of drug-likeness (QED) is 0.754. The minimum absolute atomic E-state index is 0.118. The molecule has 0 amide bonds. The Hall–Kier alpha value is -1.86. The van der Waals surface area contributed by atoms with Crippen LogP contribution in [0.1, 0.15) is 5.56 Å². The van der Waals surface area contributed by atoms with E-state index in [1.165, 1.54) is 0 Å². The van der Waals surface area contributed by atoms with Crippen LogP contribution in [0.15, 0.2) is 36.7 Å². The number of nitrogens with zero attached hydrogens (tertiary/aromatic N) is 2. The molecule has 0 atom stereocenters. The summed E-state index contributed by atoms with van der Waals surface area (Å²) < 4.78 is 33.2. The predicted molar refractivity (Wildman–Crippen MR) is 74.6 cm³/mol. The molecule has 0 spiro atoms. The fourth-order valence-corrected chi connectivity index (χ4v) is 2.06. The zero-order valence-electron chi connectivity index (χ0n) is 11.3. The van der Waals surface area contributed by atoms with Crippen LogP contribution in [0.5, 0.6) is 5.75 Å². The Balaban J connectivity index is 2.01. The molecule has 0 fully saturated rings. The van der Waals surface area contributed by atoms with Crippen molar-refractivity contribution >= 4 is 10.1 Å². The minimum Gasteiger partial charge on any atom is -0.497 e. The van der Waals surface area contributed by atoms with Gasteiger partial charge in [0.25, 0.3) is 10.1 Å². The minimum atomic E-state index is -3.39. The van der Waals surface area contributed by atoms with E-state index in [4.69, 9.17) is 8.92 Å². The molecule has 2 rings (SSSR count). The highest BCUT2D eigenvalue weighted by molar-refractivity contribution is 7.85. The molecule has 0 N–H and O–H groups in total.